The van der Waals surface area contributed by atoms with E-state index in [1.54, 1.807) is 10.9 Å². The van der Waals surface area contributed by atoms with Crippen LogP contribution in [-0.4, -0.2) is 23.5 Å². The SMILES string of the molecule is CCN(c1ccc(NC(=O)c2cscn2)cc1)C(C)C. The van der Waals surface area contributed by atoms with E-state index in [2.05, 4.69) is 36.0 Å². The molecule has 4 nitrogen and oxygen atoms in total. The molecule has 2 rings (SSSR count). The predicted octanol–water partition coefficient (Wildman–Crippen LogP) is 3.63. The van der Waals surface area contributed by atoms with Crippen LogP contribution in [0.4, 0.5) is 11.4 Å². The average molecular weight is 289 g/mol. The molecule has 0 unspecified atom stereocenters. The first-order valence-corrected chi connectivity index (χ1v) is 7.62. The van der Waals surface area contributed by atoms with Gasteiger partial charge in [0.2, 0.25) is 0 Å². The third kappa shape index (κ3) is 3.36. The van der Waals surface area contributed by atoms with Crippen molar-refractivity contribution in [3.63, 3.8) is 0 Å². The number of hydrogen-bond donors (Lipinski definition) is 1. The molecule has 0 aliphatic carbocycles. The fraction of sp³-hybridized carbons (Fsp3) is 0.333. The lowest BCUT2D eigenvalue weighted by Crippen LogP contribution is -2.30. The van der Waals surface area contributed by atoms with E-state index >= 15 is 0 Å². The third-order valence-electron chi connectivity index (χ3n) is 3.09. The van der Waals surface area contributed by atoms with Crippen LogP contribution in [0.25, 0.3) is 0 Å². The van der Waals surface area contributed by atoms with Crippen LogP contribution in [0.1, 0.15) is 31.3 Å². The van der Waals surface area contributed by atoms with Gasteiger partial charge in [0.05, 0.1) is 5.51 Å². The van der Waals surface area contributed by atoms with Crippen molar-refractivity contribution in [2.75, 3.05) is 16.8 Å². The van der Waals surface area contributed by atoms with Gasteiger partial charge in [0.25, 0.3) is 5.91 Å². The molecule has 0 saturated carbocycles. The summed E-state index contributed by atoms with van der Waals surface area (Å²) in [5.74, 6) is -0.171. The summed E-state index contributed by atoms with van der Waals surface area (Å²) in [5.41, 5.74) is 4.05. The number of benzene rings is 1. The maximum atomic E-state index is 11.9. The van der Waals surface area contributed by atoms with E-state index in [9.17, 15) is 4.79 Å². The highest BCUT2D eigenvalue weighted by Crippen LogP contribution is 2.20. The summed E-state index contributed by atoms with van der Waals surface area (Å²) in [6.07, 6.45) is 0. The van der Waals surface area contributed by atoms with Crippen molar-refractivity contribution in [1.29, 1.82) is 0 Å². The van der Waals surface area contributed by atoms with E-state index in [4.69, 9.17) is 0 Å². The molecule has 1 amide bonds. The van der Waals surface area contributed by atoms with E-state index in [-0.39, 0.29) is 5.91 Å². The zero-order valence-electron chi connectivity index (χ0n) is 12.0. The van der Waals surface area contributed by atoms with E-state index in [0.29, 0.717) is 11.7 Å². The molecule has 1 aromatic heterocycles. The van der Waals surface area contributed by atoms with Gasteiger partial charge < -0.3 is 10.2 Å². The standard InChI is InChI=1S/C15H19N3OS/c1-4-18(11(2)3)13-7-5-12(6-8-13)17-15(19)14-9-20-10-16-14/h5-11H,4H2,1-3H3,(H,17,19). The number of thiazole rings is 1. The van der Waals surface area contributed by atoms with Gasteiger partial charge in [0, 0.05) is 29.3 Å². The van der Waals surface area contributed by atoms with E-state index in [1.807, 2.05) is 24.3 Å². The van der Waals surface area contributed by atoms with Crippen molar-refractivity contribution < 1.29 is 4.79 Å². The summed E-state index contributed by atoms with van der Waals surface area (Å²) >= 11 is 1.41. The summed E-state index contributed by atoms with van der Waals surface area (Å²) < 4.78 is 0. The van der Waals surface area contributed by atoms with Crippen LogP contribution in [0, 0.1) is 0 Å². The van der Waals surface area contributed by atoms with Gasteiger partial charge in [0.1, 0.15) is 5.69 Å². The maximum absolute atomic E-state index is 11.9. The monoisotopic (exact) mass is 289 g/mol. The quantitative estimate of drug-likeness (QED) is 0.914. The Balaban J connectivity index is 2.07. The van der Waals surface area contributed by atoms with Crippen LogP contribution in [0.3, 0.4) is 0 Å². The normalized spacial score (nSPS) is 10.6. The Kier molecular flexibility index (Phi) is 4.74. The number of hydrogen-bond acceptors (Lipinski definition) is 4. The number of aromatic nitrogens is 1. The molecule has 0 saturated heterocycles. The van der Waals surface area contributed by atoms with Gasteiger partial charge in [-0.1, -0.05) is 0 Å². The first kappa shape index (κ1) is 14.5. The van der Waals surface area contributed by atoms with Gasteiger partial charge in [-0.2, -0.15) is 0 Å². The molecule has 0 fully saturated rings. The van der Waals surface area contributed by atoms with Gasteiger partial charge in [-0.05, 0) is 45.0 Å². The molecule has 0 atom stereocenters. The molecule has 2 aromatic rings. The second-order valence-electron chi connectivity index (χ2n) is 4.75. The van der Waals surface area contributed by atoms with Crippen LogP contribution < -0.4 is 10.2 Å². The zero-order valence-corrected chi connectivity index (χ0v) is 12.8. The summed E-state index contributed by atoms with van der Waals surface area (Å²) in [6, 6.07) is 8.35. The lowest BCUT2D eigenvalue weighted by atomic mass is 10.2. The molecule has 0 spiro atoms. The summed E-state index contributed by atoms with van der Waals surface area (Å²) in [5, 5.41) is 4.58. The van der Waals surface area contributed by atoms with Crippen molar-refractivity contribution >= 4 is 28.6 Å². The molecular formula is C15H19N3OS. The van der Waals surface area contributed by atoms with Gasteiger partial charge in [-0.3, -0.25) is 4.79 Å². The minimum atomic E-state index is -0.171. The summed E-state index contributed by atoms with van der Waals surface area (Å²) in [7, 11) is 0. The zero-order chi connectivity index (χ0) is 14.5. The first-order chi connectivity index (χ1) is 9.61. The Morgan fingerprint density at radius 3 is 2.55 bits per heavy atom. The largest absolute Gasteiger partial charge is 0.369 e. The molecule has 1 aromatic carbocycles. The third-order valence-corrected chi connectivity index (χ3v) is 3.67. The molecule has 1 heterocycles. The number of nitrogens with zero attached hydrogens (tertiary/aromatic N) is 2. The summed E-state index contributed by atoms with van der Waals surface area (Å²) in [6.45, 7) is 7.43. The Morgan fingerprint density at radius 1 is 1.35 bits per heavy atom. The van der Waals surface area contributed by atoms with Crippen molar-refractivity contribution in [1.82, 2.24) is 4.98 Å². The van der Waals surface area contributed by atoms with Crippen LogP contribution in [-0.2, 0) is 0 Å². The maximum Gasteiger partial charge on any atom is 0.275 e. The lowest BCUT2D eigenvalue weighted by molar-refractivity contribution is 0.102. The minimum absolute atomic E-state index is 0.171. The van der Waals surface area contributed by atoms with Crippen molar-refractivity contribution in [2.24, 2.45) is 0 Å². The molecule has 0 aliphatic rings. The molecule has 0 aliphatic heterocycles. The van der Waals surface area contributed by atoms with E-state index in [0.717, 1.165) is 17.9 Å². The molecule has 1 N–H and O–H groups in total. The average Bonchev–Trinajstić information content (AvgIpc) is 2.95. The minimum Gasteiger partial charge on any atom is -0.369 e. The van der Waals surface area contributed by atoms with Gasteiger partial charge in [-0.25, -0.2) is 4.98 Å². The van der Waals surface area contributed by atoms with Crippen molar-refractivity contribution in [3.05, 3.63) is 40.8 Å². The van der Waals surface area contributed by atoms with E-state index < -0.39 is 0 Å². The fourth-order valence-electron chi connectivity index (χ4n) is 2.10. The number of rotatable bonds is 5. The molecule has 20 heavy (non-hydrogen) atoms. The number of anilines is 2. The van der Waals surface area contributed by atoms with Crippen LogP contribution >= 0.6 is 11.3 Å². The predicted molar refractivity (Wildman–Crippen MR) is 84.7 cm³/mol. The lowest BCUT2D eigenvalue weighted by Gasteiger charge is -2.27. The highest BCUT2D eigenvalue weighted by atomic mass is 32.1. The van der Waals surface area contributed by atoms with Crippen molar-refractivity contribution in [3.8, 4) is 0 Å². The number of carbonyl (C=O) groups excluding carboxylic acids is 1. The molecule has 106 valence electrons. The second kappa shape index (κ2) is 6.52. The van der Waals surface area contributed by atoms with Gasteiger partial charge in [0.15, 0.2) is 0 Å². The number of carbonyl (C=O) groups is 1. The first-order valence-electron chi connectivity index (χ1n) is 6.68. The highest BCUT2D eigenvalue weighted by Gasteiger charge is 2.10. The van der Waals surface area contributed by atoms with Crippen molar-refractivity contribution in [2.45, 2.75) is 26.8 Å². The molecular weight excluding hydrogens is 270 g/mol. The molecule has 0 radical (unpaired) electrons. The second-order valence-corrected chi connectivity index (χ2v) is 5.47. The summed E-state index contributed by atoms with van der Waals surface area (Å²) in [4.78, 5) is 18.2. The van der Waals surface area contributed by atoms with Gasteiger partial charge in [-0.15, -0.1) is 11.3 Å². The highest BCUT2D eigenvalue weighted by molar-refractivity contribution is 7.07. The smallest absolute Gasteiger partial charge is 0.275 e. The Hall–Kier alpha value is -1.88. The van der Waals surface area contributed by atoms with E-state index in [1.165, 1.54) is 11.3 Å². The Morgan fingerprint density at radius 2 is 2.05 bits per heavy atom. The fourth-order valence-corrected chi connectivity index (χ4v) is 2.63. The number of nitrogens with one attached hydrogen (secondary N) is 1. The number of amides is 1. The van der Waals surface area contributed by atoms with Gasteiger partial charge >= 0.3 is 0 Å². The Labute approximate surface area is 123 Å². The van der Waals surface area contributed by atoms with Crippen LogP contribution in [0.15, 0.2) is 35.2 Å². The molecule has 5 heteroatoms. The molecule has 0 bridgehead atoms. The Bertz CT molecular complexity index is 549. The van der Waals surface area contributed by atoms with Crippen LogP contribution in [0.2, 0.25) is 0 Å². The van der Waals surface area contributed by atoms with Crippen LogP contribution in [0.5, 0.6) is 0 Å². The topological polar surface area (TPSA) is 45.2 Å².